The fourth-order valence-corrected chi connectivity index (χ4v) is 2.48. The Morgan fingerprint density at radius 3 is 2.53 bits per heavy atom. The van der Waals surface area contributed by atoms with Gasteiger partial charge in [0, 0.05) is 18.0 Å². The highest BCUT2D eigenvalue weighted by Gasteiger charge is 2.24. The molecule has 6 heteroatoms. The molecule has 1 rings (SSSR count). The van der Waals surface area contributed by atoms with Crippen molar-refractivity contribution in [2.24, 2.45) is 0 Å². The van der Waals surface area contributed by atoms with Crippen molar-refractivity contribution in [3.8, 4) is 0 Å². The number of alkyl halides is 1. The number of aliphatic hydroxyl groups excluding tert-OH is 1. The van der Waals surface area contributed by atoms with E-state index in [1.807, 2.05) is 0 Å². The molecule has 2 atom stereocenters. The largest absolute Gasteiger partial charge is 0.384 e. The second kappa shape index (κ2) is 6.55. The Labute approximate surface area is 121 Å². The Hall–Kier alpha value is -0.840. The lowest BCUT2D eigenvalue weighted by molar-refractivity contribution is -0.139. The van der Waals surface area contributed by atoms with Crippen LogP contribution in [-0.4, -0.2) is 29.1 Å². The third kappa shape index (κ3) is 3.59. The Morgan fingerprint density at radius 1 is 1.47 bits per heavy atom. The lowest BCUT2D eigenvalue weighted by atomic mass is 10.0. The van der Waals surface area contributed by atoms with E-state index in [-0.39, 0.29) is 10.9 Å². The summed E-state index contributed by atoms with van der Waals surface area (Å²) in [6.07, 6.45) is -1.11. The highest BCUT2D eigenvalue weighted by molar-refractivity contribution is 6.32. The van der Waals surface area contributed by atoms with Crippen molar-refractivity contribution in [2.45, 2.75) is 31.9 Å². The number of halogens is 3. The van der Waals surface area contributed by atoms with Gasteiger partial charge in [0.2, 0.25) is 0 Å². The summed E-state index contributed by atoms with van der Waals surface area (Å²) in [6.45, 7) is 3.11. The van der Waals surface area contributed by atoms with Crippen LogP contribution < -0.4 is 0 Å². The van der Waals surface area contributed by atoms with Crippen LogP contribution >= 0.6 is 23.2 Å². The first kappa shape index (κ1) is 16.2. The lowest BCUT2D eigenvalue weighted by Gasteiger charge is -2.28. The summed E-state index contributed by atoms with van der Waals surface area (Å²) in [5.74, 6) is -0.817. The number of nitrogens with zero attached hydrogens (tertiary/aromatic N) is 1. The number of aliphatic hydroxyl groups is 1. The van der Waals surface area contributed by atoms with Crippen molar-refractivity contribution in [2.75, 3.05) is 7.05 Å². The van der Waals surface area contributed by atoms with Crippen molar-refractivity contribution in [3.05, 3.63) is 34.1 Å². The van der Waals surface area contributed by atoms with Gasteiger partial charge in [-0.05, 0) is 37.1 Å². The molecule has 0 saturated heterocycles. The van der Waals surface area contributed by atoms with Gasteiger partial charge in [-0.15, -0.1) is 11.6 Å². The average Bonchev–Trinajstić information content (AvgIpc) is 2.35. The van der Waals surface area contributed by atoms with Crippen LogP contribution in [0.15, 0.2) is 12.1 Å². The van der Waals surface area contributed by atoms with E-state index in [9.17, 15) is 14.3 Å². The van der Waals surface area contributed by atoms with Crippen LogP contribution in [0.1, 0.15) is 31.0 Å². The molecule has 0 aliphatic rings. The standard InChI is InChI=1S/C13H16Cl2FNO2/c1-7(17(3)13(19)8(2)18)10-4-9(16)5-12(15)11(10)6-14/h4-5,7-8,18H,6H2,1-3H3/t7-,8-/m0/s1. The summed E-state index contributed by atoms with van der Waals surface area (Å²) in [5, 5.41) is 9.54. The molecule has 0 heterocycles. The summed E-state index contributed by atoms with van der Waals surface area (Å²) < 4.78 is 13.4. The maximum absolute atomic E-state index is 13.4. The van der Waals surface area contributed by atoms with Crippen LogP contribution in [0.25, 0.3) is 0 Å². The van der Waals surface area contributed by atoms with Crippen molar-refractivity contribution in [3.63, 3.8) is 0 Å². The topological polar surface area (TPSA) is 40.5 Å². The van der Waals surface area contributed by atoms with E-state index >= 15 is 0 Å². The van der Waals surface area contributed by atoms with Gasteiger partial charge in [0.05, 0.1) is 6.04 Å². The van der Waals surface area contributed by atoms with Gasteiger partial charge in [-0.2, -0.15) is 0 Å². The van der Waals surface area contributed by atoms with Gasteiger partial charge in [-0.3, -0.25) is 4.79 Å². The Kier molecular flexibility index (Phi) is 5.59. The van der Waals surface area contributed by atoms with Crippen molar-refractivity contribution >= 4 is 29.1 Å². The summed E-state index contributed by atoms with van der Waals surface area (Å²) in [5.41, 5.74) is 1.12. The third-order valence-electron chi connectivity index (χ3n) is 3.06. The zero-order chi connectivity index (χ0) is 14.7. The zero-order valence-corrected chi connectivity index (χ0v) is 12.5. The summed E-state index contributed by atoms with van der Waals surface area (Å²) in [7, 11) is 1.54. The Morgan fingerprint density at radius 2 is 2.05 bits per heavy atom. The molecule has 0 aliphatic heterocycles. The van der Waals surface area contributed by atoms with Gasteiger partial charge in [0.15, 0.2) is 0 Å². The highest BCUT2D eigenvalue weighted by atomic mass is 35.5. The van der Waals surface area contributed by atoms with Crippen LogP contribution in [0.5, 0.6) is 0 Å². The minimum Gasteiger partial charge on any atom is -0.384 e. The first-order valence-electron chi connectivity index (χ1n) is 5.78. The number of benzene rings is 1. The third-order valence-corrected chi connectivity index (χ3v) is 3.67. The number of carbonyl (C=O) groups is 1. The summed E-state index contributed by atoms with van der Waals surface area (Å²) >= 11 is 11.8. The number of amides is 1. The number of rotatable bonds is 4. The first-order valence-corrected chi connectivity index (χ1v) is 6.69. The quantitative estimate of drug-likeness (QED) is 0.868. The van der Waals surface area contributed by atoms with Gasteiger partial charge in [-0.1, -0.05) is 11.6 Å². The normalized spacial score (nSPS) is 14.1. The minimum absolute atomic E-state index is 0.121. The number of hydrogen-bond acceptors (Lipinski definition) is 2. The molecule has 106 valence electrons. The van der Waals surface area contributed by atoms with E-state index in [0.29, 0.717) is 11.1 Å². The molecule has 3 nitrogen and oxygen atoms in total. The summed E-state index contributed by atoms with van der Waals surface area (Å²) in [4.78, 5) is 13.1. The lowest BCUT2D eigenvalue weighted by Crippen LogP contribution is -2.36. The fraction of sp³-hybridized carbons (Fsp3) is 0.462. The van der Waals surface area contributed by atoms with E-state index < -0.39 is 23.9 Å². The number of likely N-dealkylation sites (N-methyl/N-ethyl adjacent to an activating group) is 1. The molecule has 0 radical (unpaired) electrons. The second-order valence-corrected chi connectivity index (χ2v) is 5.06. The van der Waals surface area contributed by atoms with Crippen LogP contribution in [0, 0.1) is 5.82 Å². The van der Waals surface area contributed by atoms with Gasteiger partial charge in [-0.25, -0.2) is 4.39 Å². The second-order valence-electron chi connectivity index (χ2n) is 4.39. The molecule has 0 unspecified atom stereocenters. The monoisotopic (exact) mass is 307 g/mol. The minimum atomic E-state index is -1.11. The molecule has 0 aromatic heterocycles. The molecule has 19 heavy (non-hydrogen) atoms. The number of hydrogen-bond donors (Lipinski definition) is 1. The molecule has 0 bridgehead atoms. The molecule has 1 amide bonds. The Balaban J connectivity index is 3.18. The van der Waals surface area contributed by atoms with Crippen molar-refractivity contribution in [1.29, 1.82) is 0 Å². The maximum atomic E-state index is 13.4. The number of carbonyl (C=O) groups excluding carboxylic acids is 1. The van der Waals surface area contributed by atoms with Crippen LogP contribution in [-0.2, 0) is 10.7 Å². The molecular formula is C13H16Cl2FNO2. The molecule has 0 spiro atoms. The smallest absolute Gasteiger partial charge is 0.251 e. The van der Waals surface area contributed by atoms with E-state index in [1.165, 1.54) is 31.0 Å². The van der Waals surface area contributed by atoms with Crippen LogP contribution in [0.4, 0.5) is 4.39 Å². The van der Waals surface area contributed by atoms with E-state index in [2.05, 4.69) is 0 Å². The van der Waals surface area contributed by atoms with Gasteiger partial charge in [0.1, 0.15) is 11.9 Å². The molecule has 1 aromatic carbocycles. The van der Waals surface area contributed by atoms with E-state index in [4.69, 9.17) is 23.2 Å². The fourth-order valence-electron chi connectivity index (χ4n) is 1.83. The zero-order valence-electron chi connectivity index (χ0n) is 11.0. The predicted molar refractivity (Wildman–Crippen MR) is 73.8 cm³/mol. The van der Waals surface area contributed by atoms with E-state index in [1.54, 1.807) is 6.92 Å². The van der Waals surface area contributed by atoms with Crippen molar-refractivity contribution in [1.82, 2.24) is 4.90 Å². The van der Waals surface area contributed by atoms with Crippen molar-refractivity contribution < 1.29 is 14.3 Å². The first-order chi connectivity index (χ1) is 8.79. The maximum Gasteiger partial charge on any atom is 0.251 e. The molecule has 1 aromatic rings. The molecule has 0 saturated carbocycles. The van der Waals surface area contributed by atoms with Gasteiger partial charge >= 0.3 is 0 Å². The average molecular weight is 308 g/mol. The summed E-state index contributed by atoms with van der Waals surface area (Å²) in [6, 6.07) is 2.05. The highest BCUT2D eigenvalue weighted by Crippen LogP contribution is 2.30. The molecule has 0 fully saturated rings. The van der Waals surface area contributed by atoms with Gasteiger partial charge < -0.3 is 10.0 Å². The Bertz CT molecular complexity index is 480. The predicted octanol–water partition coefficient (Wildman–Crippen LogP) is 3.12. The molecular weight excluding hydrogens is 292 g/mol. The van der Waals surface area contributed by atoms with E-state index in [0.717, 1.165) is 0 Å². The molecule has 0 aliphatic carbocycles. The SMILES string of the molecule is C[C@H](O)C(=O)N(C)[C@@H](C)c1cc(F)cc(Cl)c1CCl. The molecule has 1 N–H and O–H groups in total. The van der Waals surface area contributed by atoms with Gasteiger partial charge in [0.25, 0.3) is 5.91 Å². The van der Waals surface area contributed by atoms with Crippen LogP contribution in [0.3, 0.4) is 0 Å². The van der Waals surface area contributed by atoms with Crippen LogP contribution in [0.2, 0.25) is 5.02 Å².